The highest BCUT2D eigenvalue weighted by Crippen LogP contribution is 2.36. The topological polar surface area (TPSA) is 99.9 Å². The maximum absolute atomic E-state index is 13.0. The monoisotopic (exact) mass is 358 g/mol. The van der Waals surface area contributed by atoms with E-state index >= 15 is 0 Å². The molecule has 0 aliphatic heterocycles. The summed E-state index contributed by atoms with van der Waals surface area (Å²) in [5.74, 6) is -0.292. The van der Waals surface area contributed by atoms with Crippen LogP contribution in [0.4, 0.5) is 19.1 Å². The first-order valence-electron chi connectivity index (χ1n) is 7.66. The maximum atomic E-state index is 13.0. The Hall–Kier alpha value is -2.59. The van der Waals surface area contributed by atoms with Gasteiger partial charge in [-0.05, 0) is 24.4 Å². The number of aromatic amines is 1. The lowest BCUT2D eigenvalue weighted by Crippen LogP contribution is -2.34. The van der Waals surface area contributed by atoms with Gasteiger partial charge in [0.25, 0.3) is 5.95 Å². The summed E-state index contributed by atoms with van der Waals surface area (Å²) in [5, 5.41) is 12.1. The molecule has 1 aliphatic rings. The van der Waals surface area contributed by atoms with Crippen molar-refractivity contribution < 1.29 is 22.5 Å². The van der Waals surface area contributed by atoms with Gasteiger partial charge in [-0.15, -0.1) is 0 Å². The molecule has 2 aromatic heterocycles. The Morgan fingerprint density at radius 3 is 2.84 bits per heavy atom. The smallest absolute Gasteiger partial charge is 0.347 e. The number of aromatic nitrogens is 4. The van der Waals surface area contributed by atoms with Gasteiger partial charge in [0.15, 0.2) is 5.69 Å². The molecule has 0 bridgehead atoms. The molecule has 1 unspecified atom stereocenters. The Kier molecular flexibility index (Phi) is 4.39. The van der Waals surface area contributed by atoms with Gasteiger partial charge in [0, 0.05) is 31.3 Å². The SMILES string of the molecule is CN(C)c1noc(CNC(=O)C2CCc3[nH]nc(C(F)(F)F)c3C2)n1. The van der Waals surface area contributed by atoms with Crippen LogP contribution in [0.3, 0.4) is 0 Å². The quantitative estimate of drug-likeness (QED) is 0.855. The van der Waals surface area contributed by atoms with E-state index in [2.05, 4.69) is 25.7 Å². The van der Waals surface area contributed by atoms with E-state index in [0.717, 1.165) is 0 Å². The van der Waals surface area contributed by atoms with Crippen molar-refractivity contribution in [1.29, 1.82) is 0 Å². The van der Waals surface area contributed by atoms with Crippen molar-refractivity contribution >= 4 is 11.9 Å². The molecule has 0 saturated carbocycles. The molecular weight excluding hydrogens is 341 g/mol. The third-order valence-electron chi connectivity index (χ3n) is 4.06. The number of nitrogens with zero attached hydrogens (tertiary/aromatic N) is 4. The third kappa shape index (κ3) is 3.59. The number of fused-ring (bicyclic) bond motifs is 1. The van der Waals surface area contributed by atoms with E-state index < -0.39 is 17.8 Å². The van der Waals surface area contributed by atoms with E-state index in [9.17, 15) is 18.0 Å². The molecule has 136 valence electrons. The zero-order chi connectivity index (χ0) is 18.2. The molecule has 3 rings (SSSR count). The van der Waals surface area contributed by atoms with Crippen molar-refractivity contribution in [3.05, 3.63) is 22.8 Å². The van der Waals surface area contributed by atoms with Crippen LogP contribution in [0.25, 0.3) is 0 Å². The summed E-state index contributed by atoms with van der Waals surface area (Å²) in [5.41, 5.74) is -0.414. The van der Waals surface area contributed by atoms with Crippen LogP contribution in [0.15, 0.2) is 4.52 Å². The largest absolute Gasteiger partial charge is 0.435 e. The average molecular weight is 358 g/mol. The van der Waals surface area contributed by atoms with E-state index in [1.54, 1.807) is 19.0 Å². The molecule has 0 radical (unpaired) electrons. The van der Waals surface area contributed by atoms with Gasteiger partial charge in [-0.1, -0.05) is 0 Å². The normalized spacial score (nSPS) is 17.2. The second-order valence-corrected chi connectivity index (χ2v) is 6.07. The van der Waals surface area contributed by atoms with Gasteiger partial charge in [-0.3, -0.25) is 9.89 Å². The number of anilines is 1. The predicted molar refractivity (Wildman–Crippen MR) is 79.6 cm³/mol. The lowest BCUT2D eigenvalue weighted by atomic mass is 9.85. The van der Waals surface area contributed by atoms with Crippen LogP contribution in [0.5, 0.6) is 0 Å². The number of alkyl halides is 3. The van der Waals surface area contributed by atoms with Crippen LogP contribution >= 0.6 is 0 Å². The summed E-state index contributed by atoms with van der Waals surface area (Å²) >= 11 is 0. The third-order valence-corrected chi connectivity index (χ3v) is 4.06. The Morgan fingerprint density at radius 2 is 2.20 bits per heavy atom. The number of rotatable bonds is 4. The molecule has 11 heteroatoms. The van der Waals surface area contributed by atoms with Crippen LogP contribution in [0, 0.1) is 5.92 Å². The highest BCUT2D eigenvalue weighted by atomic mass is 19.4. The van der Waals surface area contributed by atoms with Gasteiger partial charge in [0.1, 0.15) is 0 Å². The molecule has 0 saturated heterocycles. The van der Waals surface area contributed by atoms with Gasteiger partial charge >= 0.3 is 6.18 Å². The molecular formula is C14H17F3N6O2. The van der Waals surface area contributed by atoms with Crippen LogP contribution in [0.1, 0.15) is 29.3 Å². The van der Waals surface area contributed by atoms with Crippen LogP contribution in [0.2, 0.25) is 0 Å². The minimum Gasteiger partial charge on any atom is -0.347 e. The summed E-state index contributed by atoms with van der Waals surface area (Å²) in [7, 11) is 3.49. The zero-order valence-corrected chi connectivity index (χ0v) is 13.6. The number of amides is 1. The van der Waals surface area contributed by atoms with Crippen molar-refractivity contribution in [3.8, 4) is 0 Å². The molecule has 2 N–H and O–H groups in total. The minimum atomic E-state index is -4.53. The molecule has 2 heterocycles. The highest BCUT2D eigenvalue weighted by Gasteiger charge is 2.40. The number of H-pyrrole nitrogens is 1. The summed E-state index contributed by atoms with van der Waals surface area (Å²) in [4.78, 5) is 18.0. The number of nitrogens with one attached hydrogen (secondary N) is 2. The Bertz CT molecular complexity index is 767. The molecule has 0 aromatic carbocycles. The van der Waals surface area contributed by atoms with Crippen molar-refractivity contribution in [3.63, 3.8) is 0 Å². The fourth-order valence-electron chi connectivity index (χ4n) is 2.76. The van der Waals surface area contributed by atoms with Gasteiger partial charge in [-0.2, -0.15) is 23.3 Å². The van der Waals surface area contributed by atoms with Gasteiger partial charge in [0.05, 0.1) is 6.54 Å². The van der Waals surface area contributed by atoms with Crippen LogP contribution < -0.4 is 10.2 Å². The molecule has 8 nitrogen and oxygen atoms in total. The highest BCUT2D eigenvalue weighted by molar-refractivity contribution is 5.79. The molecule has 1 aliphatic carbocycles. The van der Waals surface area contributed by atoms with Crippen molar-refractivity contribution in [2.45, 2.75) is 32.0 Å². The number of aryl methyl sites for hydroxylation is 1. The first-order chi connectivity index (χ1) is 11.8. The molecule has 1 amide bonds. The van der Waals surface area contributed by atoms with E-state index in [4.69, 9.17) is 4.52 Å². The number of hydrogen-bond donors (Lipinski definition) is 2. The van der Waals surface area contributed by atoms with Gasteiger partial charge < -0.3 is 14.7 Å². The average Bonchev–Trinajstić information content (AvgIpc) is 3.18. The second-order valence-electron chi connectivity index (χ2n) is 6.07. The lowest BCUT2D eigenvalue weighted by molar-refractivity contribution is -0.142. The fraction of sp³-hybridized carbons (Fsp3) is 0.571. The summed E-state index contributed by atoms with van der Waals surface area (Å²) < 4.78 is 43.9. The molecule has 2 aromatic rings. The van der Waals surface area contributed by atoms with Gasteiger partial charge in [0.2, 0.25) is 11.8 Å². The Labute approximate surface area is 140 Å². The standard InChI is InChI=1S/C14H17F3N6O2/c1-23(2)13-19-10(25-22-13)6-18-12(24)7-3-4-9-8(5-7)11(21-20-9)14(15,16)17/h7H,3-6H2,1-2H3,(H,18,24)(H,20,21). The van der Waals surface area contributed by atoms with Crippen molar-refractivity contribution in [2.24, 2.45) is 5.92 Å². The van der Waals surface area contributed by atoms with Crippen molar-refractivity contribution in [2.75, 3.05) is 19.0 Å². The number of halogens is 3. The van der Waals surface area contributed by atoms with Gasteiger partial charge in [-0.25, -0.2) is 0 Å². The van der Waals surface area contributed by atoms with E-state index in [1.807, 2.05) is 0 Å². The van der Waals surface area contributed by atoms with Crippen LogP contribution in [-0.4, -0.2) is 40.3 Å². The zero-order valence-electron chi connectivity index (χ0n) is 13.6. The summed E-state index contributed by atoms with van der Waals surface area (Å²) in [6.07, 6.45) is -3.74. The molecule has 0 fully saturated rings. The second kappa shape index (κ2) is 6.37. The number of carbonyl (C=O) groups excluding carboxylic acids is 1. The fourth-order valence-corrected chi connectivity index (χ4v) is 2.76. The first kappa shape index (κ1) is 17.2. The van der Waals surface area contributed by atoms with E-state index in [0.29, 0.717) is 24.5 Å². The molecule has 0 spiro atoms. The Morgan fingerprint density at radius 1 is 1.44 bits per heavy atom. The first-order valence-corrected chi connectivity index (χ1v) is 7.66. The summed E-state index contributed by atoms with van der Waals surface area (Å²) in [6, 6.07) is 0. The molecule has 25 heavy (non-hydrogen) atoms. The summed E-state index contributed by atoms with van der Waals surface area (Å²) in [6.45, 7) is 0.0283. The Balaban J connectivity index is 1.63. The van der Waals surface area contributed by atoms with Crippen molar-refractivity contribution in [1.82, 2.24) is 25.7 Å². The molecule has 1 atom stereocenters. The minimum absolute atomic E-state index is 0.000703. The number of hydrogen-bond acceptors (Lipinski definition) is 6. The van der Waals surface area contributed by atoms with E-state index in [1.165, 1.54) is 0 Å². The lowest BCUT2D eigenvalue weighted by Gasteiger charge is -2.21. The number of carbonyl (C=O) groups is 1. The maximum Gasteiger partial charge on any atom is 0.435 e. The van der Waals surface area contributed by atoms with Crippen LogP contribution in [-0.2, 0) is 30.4 Å². The van der Waals surface area contributed by atoms with E-state index in [-0.39, 0.29) is 30.3 Å². The predicted octanol–water partition coefficient (Wildman–Crippen LogP) is 1.30.